The van der Waals surface area contributed by atoms with Crippen LogP contribution in [-0.4, -0.2) is 28.8 Å². The SMILES string of the molecule is CC[C@H](C)NC(=O)[C@H](Cc1ccccc1)N(Cc1ccc(Br)cc1)C(=O)Cc1cccc(Cl)c1. The molecule has 0 saturated carbocycles. The number of rotatable bonds is 10. The normalized spacial score (nSPS) is 12.6. The van der Waals surface area contributed by atoms with Gasteiger partial charge >= 0.3 is 0 Å². The van der Waals surface area contributed by atoms with Gasteiger partial charge in [-0.1, -0.05) is 89.1 Å². The molecule has 0 fully saturated rings. The summed E-state index contributed by atoms with van der Waals surface area (Å²) in [6.07, 6.45) is 1.41. The first-order chi connectivity index (χ1) is 16.4. The van der Waals surface area contributed by atoms with Crippen LogP contribution in [0.5, 0.6) is 0 Å². The Kier molecular flexibility index (Phi) is 9.73. The lowest BCUT2D eigenvalue weighted by Crippen LogP contribution is -2.52. The van der Waals surface area contributed by atoms with Crippen LogP contribution in [0.4, 0.5) is 0 Å². The molecule has 0 aromatic heterocycles. The minimum absolute atomic E-state index is 0.0170. The van der Waals surface area contributed by atoms with Gasteiger partial charge in [0.15, 0.2) is 0 Å². The number of benzene rings is 3. The molecule has 0 bridgehead atoms. The Morgan fingerprint density at radius 2 is 1.62 bits per heavy atom. The number of hydrogen-bond donors (Lipinski definition) is 1. The zero-order valence-electron chi connectivity index (χ0n) is 19.5. The van der Waals surface area contributed by atoms with Crippen molar-refractivity contribution in [2.75, 3.05) is 0 Å². The molecule has 1 N–H and O–H groups in total. The molecular formula is C28H30BrClN2O2. The van der Waals surface area contributed by atoms with Crippen LogP contribution in [0.15, 0.2) is 83.3 Å². The topological polar surface area (TPSA) is 49.4 Å². The molecule has 0 aliphatic heterocycles. The van der Waals surface area contributed by atoms with Crippen molar-refractivity contribution in [3.63, 3.8) is 0 Å². The third-order valence-electron chi connectivity index (χ3n) is 5.78. The van der Waals surface area contributed by atoms with Gasteiger partial charge in [-0.15, -0.1) is 0 Å². The summed E-state index contributed by atoms with van der Waals surface area (Å²) in [5.41, 5.74) is 2.78. The van der Waals surface area contributed by atoms with Crippen molar-refractivity contribution in [3.05, 3.63) is 105 Å². The molecule has 2 amide bonds. The van der Waals surface area contributed by atoms with Crippen LogP contribution in [0.3, 0.4) is 0 Å². The molecule has 0 spiro atoms. The highest BCUT2D eigenvalue weighted by molar-refractivity contribution is 9.10. The van der Waals surface area contributed by atoms with Gasteiger partial charge in [-0.2, -0.15) is 0 Å². The van der Waals surface area contributed by atoms with E-state index in [-0.39, 0.29) is 24.3 Å². The Hall–Kier alpha value is -2.63. The molecule has 0 aliphatic rings. The molecule has 34 heavy (non-hydrogen) atoms. The third kappa shape index (κ3) is 7.71. The zero-order valence-corrected chi connectivity index (χ0v) is 21.9. The van der Waals surface area contributed by atoms with Gasteiger partial charge in [0.25, 0.3) is 0 Å². The Labute approximate surface area is 215 Å². The monoisotopic (exact) mass is 540 g/mol. The van der Waals surface area contributed by atoms with Gasteiger partial charge < -0.3 is 10.2 Å². The number of hydrogen-bond acceptors (Lipinski definition) is 2. The minimum atomic E-state index is -0.647. The minimum Gasteiger partial charge on any atom is -0.352 e. The first-order valence-electron chi connectivity index (χ1n) is 11.5. The van der Waals surface area contributed by atoms with Crippen molar-refractivity contribution < 1.29 is 9.59 Å². The standard InChI is InChI=1S/C28H30BrClN2O2/c1-3-20(2)31-28(34)26(17-21-8-5-4-6-9-21)32(19-22-12-14-24(29)15-13-22)27(33)18-23-10-7-11-25(30)16-23/h4-16,20,26H,3,17-19H2,1-2H3,(H,31,34)/t20-,26-/m0/s1. The number of carbonyl (C=O) groups is 2. The zero-order chi connectivity index (χ0) is 24.5. The molecule has 0 heterocycles. The van der Waals surface area contributed by atoms with E-state index < -0.39 is 6.04 Å². The molecule has 2 atom stereocenters. The summed E-state index contributed by atoms with van der Waals surface area (Å²) in [4.78, 5) is 28.9. The van der Waals surface area contributed by atoms with Crippen LogP contribution < -0.4 is 5.32 Å². The molecule has 0 unspecified atom stereocenters. The average Bonchev–Trinajstić information content (AvgIpc) is 2.83. The smallest absolute Gasteiger partial charge is 0.243 e. The van der Waals surface area contributed by atoms with Crippen molar-refractivity contribution in [2.24, 2.45) is 0 Å². The Balaban J connectivity index is 1.96. The van der Waals surface area contributed by atoms with Crippen molar-refractivity contribution in [1.82, 2.24) is 10.2 Å². The maximum Gasteiger partial charge on any atom is 0.243 e. The fraction of sp³-hybridized carbons (Fsp3) is 0.286. The van der Waals surface area contributed by atoms with E-state index in [0.29, 0.717) is 18.0 Å². The summed E-state index contributed by atoms with van der Waals surface area (Å²) in [6, 6.07) is 24.3. The van der Waals surface area contributed by atoms with E-state index in [1.54, 1.807) is 17.0 Å². The van der Waals surface area contributed by atoms with E-state index in [9.17, 15) is 9.59 Å². The molecule has 0 radical (unpaired) electrons. The van der Waals surface area contributed by atoms with E-state index >= 15 is 0 Å². The molecule has 178 valence electrons. The summed E-state index contributed by atoms with van der Waals surface area (Å²) < 4.78 is 0.961. The molecule has 3 rings (SSSR count). The molecule has 4 nitrogen and oxygen atoms in total. The fourth-order valence-electron chi connectivity index (χ4n) is 3.70. The highest BCUT2D eigenvalue weighted by atomic mass is 79.9. The van der Waals surface area contributed by atoms with Gasteiger partial charge in [0.2, 0.25) is 11.8 Å². The predicted molar refractivity (Wildman–Crippen MR) is 142 cm³/mol. The van der Waals surface area contributed by atoms with Crippen LogP contribution in [0.1, 0.15) is 37.0 Å². The molecule has 3 aromatic carbocycles. The van der Waals surface area contributed by atoms with E-state index in [4.69, 9.17) is 11.6 Å². The van der Waals surface area contributed by atoms with Gasteiger partial charge in [-0.25, -0.2) is 0 Å². The summed E-state index contributed by atoms with van der Waals surface area (Å²) in [7, 11) is 0. The molecule has 0 saturated heterocycles. The van der Waals surface area contributed by atoms with Gasteiger partial charge in [-0.05, 0) is 54.3 Å². The maximum absolute atomic E-state index is 13.7. The number of nitrogens with one attached hydrogen (secondary N) is 1. The van der Waals surface area contributed by atoms with E-state index in [1.807, 2.05) is 80.6 Å². The summed E-state index contributed by atoms with van der Waals surface area (Å²) in [5.74, 6) is -0.264. The van der Waals surface area contributed by atoms with Gasteiger partial charge in [0.05, 0.1) is 6.42 Å². The lowest BCUT2D eigenvalue weighted by molar-refractivity contribution is -0.141. The van der Waals surface area contributed by atoms with Gasteiger partial charge in [-0.3, -0.25) is 9.59 Å². The third-order valence-corrected chi connectivity index (χ3v) is 6.55. The van der Waals surface area contributed by atoms with Crippen LogP contribution in [0.25, 0.3) is 0 Å². The predicted octanol–water partition coefficient (Wildman–Crippen LogP) is 6.20. The molecule has 3 aromatic rings. The van der Waals surface area contributed by atoms with Crippen LogP contribution in [-0.2, 0) is 29.0 Å². The first-order valence-corrected chi connectivity index (χ1v) is 12.7. The number of amides is 2. The van der Waals surface area contributed by atoms with Crippen LogP contribution >= 0.6 is 27.5 Å². The maximum atomic E-state index is 13.7. The highest BCUT2D eigenvalue weighted by Crippen LogP contribution is 2.19. The second kappa shape index (κ2) is 12.7. The quantitative estimate of drug-likeness (QED) is 0.332. The Bertz CT molecular complexity index is 1090. The lowest BCUT2D eigenvalue weighted by Gasteiger charge is -2.32. The molecule has 0 aliphatic carbocycles. The number of nitrogens with zero attached hydrogens (tertiary/aromatic N) is 1. The van der Waals surface area contributed by atoms with Crippen LogP contribution in [0.2, 0.25) is 5.02 Å². The lowest BCUT2D eigenvalue weighted by atomic mass is 10.0. The highest BCUT2D eigenvalue weighted by Gasteiger charge is 2.31. The Morgan fingerprint density at radius 1 is 0.941 bits per heavy atom. The van der Waals surface area contributed by atoms with E-state index in [2.05, 4.69) is 21.2 Å². The molecule has 6 heteroatoms. The largest absolute Gasteiger partial charge is 0.352 e. The summed E-state index contributed by atoms with van der Waals surface area (Å²) in [6.45, 7) is 4.34. The Morgan fingerprint density at radius 3 is 2.26 bits per heavy atom. The van der Waals surface area contributed by atoms with Crippen molar-refractivity contribution in [3.8, 4) is 0 Å². The van der Waals surface area contributed by atoms with Gasteiger partial charge in [0.1, 0.15) is 6.04 Å². The second-order valence-corrected chi connectivity index (χ2v) is 9.83. The summed E-state index contributed by atoms with van der Waals surface area (Å²) >= 11 is 9.62. The van der Waals surface area contributed by atoms with E-state index in [1.165, 1.54) is 0 Å². The fourth-order valence-corrected chi connectivity index (χ4v) is 4.18. The summed E-state index contributed by atoms with van der Waals surface area (Å²) in [5, 5.41) is 3.68. The second-order valence-electron chi connectivity index (χ2n) is 8.48. The number of halogens is 2. The average molecular weight is 542 g/mol. The van der Waals surface area contributed by atoms with Crippen molar-refractivity contribution in [2.45, 2.75) is 51.7 Å². The first kappa shape index (κ1) is 26.0. The van der Waals surface area contributed by atoms with E-state index in [0.717, 1.165) is 27.6 Å². The number of carbonyl (C=O) groups excluding carboxylic acids is 2. The van der Waals surface area contributed by atoms with Crippen molar-refractivity contribution in [1.29, 1.82) is 0 Å². The van der Waals surface area contributed by atoms with Gasteiger partial charge in [0, 0.05) is 28.5 Å². The van der Waals surface area contributed by atoms with Crippen LogP contribution in [0, 0.1) is 0 Å². The van der Waals surface area contributed by atoms with Crippen molar-refractivity contribution >= 4 is 39.3 Å². The molecular weight excluding hydrogens is 512 g/mol.